The molecule has 1 unspecified atom stereocenters. The molecule has 0 saturated heterocycles. The standard InChI is InChI=1S/C32H26N2OS/c1-2-32(18-27-22-13-5-7-15-25(22)29(32)26-16-8-6-14-23(26)27)30(35)34-31-33-28(19-36-31)24-17-9-11-20-10-3-4-12-21(20)24/h3-17,19,27,29H,2,18H2,1H3,(H,33,34,35). The van der Waals surface area contributed by atoms with E-state index in [-0.39, 0.29) is 17.7 Å². The first kappa shape index (κ1) is 21.5. The van der Waals surface area contributed by atoms with Crippen molar-refractivity contribution >= 4 is 33.1 Å². The molecule has 4 heteroatoms. The minimum atomic E-state index is -0.501. The Bertz CT molecular complexity index is 1580. The van der Waals surface area contributed by atoms with E-state index in [4.69, 9.17) is 4.98 Å². The molecule has 2 bridgehead atoms. The quantitative estimate of drug-likeness (QED) is 0.280. The van der Waals surface area contributed by atoms with E-state index in [0.29, 0.717) is 5.13 Å². The summed E-state index contributed by atoms with van der Waals surface area (Å²) in [6.07, 6.45) is 1.61. The van der Waals surface area contributed by atoms with Crippen LogP contribution in [0.2, 0.25) is 0 Å². The number of nitrogens with zero attached hydrogens (tertiary/aromatic N) is 1. The van der Waals surface area contributed by atoms with E-state index in [1.165, 1.54) is 44.4 Å². The first-order valence-corrected chi connectivity index (χ1v) is 13.5. The molecular weight excluding hydrogens is 460 g/mol. The maximum Gasteiger partial charge on any atom is 0.233 e. The van der Waals surface area contributed by atoms with E-state index < -0.39 is 5.41 Å². The van der Waals surface area contributed by atoms with Gasteiger partial charge in [0.1, 0.15) is 0 Å². The van der Waals surface area contributed by atoms with Crippen molar-refractivity contribution in [2.45, 2.75) is 31.6 Å². The van der Waals surface area contributed by atoms with E-state index in [0.717, 1.165) is 24.1 Å². The smallest absolute Gasteiger partial charge is 0.233 e. The van der Waals surface area contributed by atoms with Crippen LogP contribution in [0.1, 0.15) is 53.9 Å². The summed E-state index contributed by atoms with van der Waals surface area (Å²) in [5, 5.41) is 8.33. The summed E-state index contributed by atoms with van der Waals surface area (Å²) in [4.78, 5) is 19.0. The summed E-state index contributed by atoms with van der Waals surface area (Å²) >= 11 is 1.50. The topological polar surface area (TPSA) is 42.0 Å². The van der Waals surface area contributed by atoms with Gasteiger partial charge in [-0.3, -0.25) is 4.79 Å². The molecule has 0 saturated carbocycles. The first-order valence-electron chi connectivity index (χ1n) is 12.6. The first-order chi connectivity index (χ1) is 17.7. The van der Waals surface area contributed by atoms with E-state index in [2.05, 4.69) is 103 Å². The van der Waals surface area contributed by atoms with Gasteiger partial charge in [-0.05, 0) is 45.9 Å². The Morgan fingerprint density at radius 3 is 2.25 bits per heavy atom. The molecule has 1 atom stereocenters. The van der Waals surface area contributed by atoms with Gasteiger partial charge in [-0.25, -0.2) is 4.98 Å². The molecule has 5 aromatic rings. The molecular formula is C32H26N2OS. The fraction of sp³-hybridized carbons (Fsp3) is 0.188. The number of rotatable bonds is 4. The lowest BCUT2D eigenvalue weighted by molar-refractivity contribution is -0.128. The monoisotopic (exact) mass is 486 g/mol. The number of thiazole rings is 1. The Balaban J connectivity index is 1.26. The normalized spacial score (nSPS) is 21.7. The third kappa shape index (κ3) is 3.04. The molecule has 0 aliphatic heterocycles. The molecule has 1 aromatic heterocycles. The van der Waals surface area contributed by atoms with Crippen molar-refractivity contribution in [3.63, 3.8) is 0 Å². The van der Waals surface area contributed by atoms with Gasteiger partial charge in [-0.1, -0.05) is 97.9 Å². The van der Waals surface area contributed by atoms with Crippen LogP contribution in [0.5, 0.6) is 0 Å². The van der Waals surface area contributed by atoms with Gasteiger partial charge in [-0.2, -0.15) is 0 Å². The summed E-state index contributed by atoms with van der Waals surface area (Å²) in [6, 6.07) is 32.0. The number of nitrogens with one attached hydrogen (secondary N) is 1. The van der Waals surface area contributed by atoms with Gasteiger partial charge < -0.3 is 5.32 Å². The highest BCUT2D eigenvalue weighted by Crippen LogP contribution is 2.62. The summed E-state index contributed by atoms with van der Waals surface area (Å²) < 4.78 is 0. The summed E-state index contributed by atoms with van der Waals surface area (Å²) in [5.74, 6) is 0.385. The van der Waals surface area contributed by atoms with Crippen LogP contribution in [-0.2, 0) is 4.79 Å². The van der Waals surface area contributed by atoms with Gasteiger partial charge in [0.05, 0.1) is 11.1 Å². The van der Waals surface area contributed by atoms with Gasteiger partial charge in [-0.15, -0.1) is 11.3 Å². The van der Waals surface area contributed by atoms with Gasteiger partial charge >= 0.3 is 0 Å². The molecule has 3 aliphatic rings. The SMILES string of the molecule is CCC1(C(=O)Nc2nc(-c3cccc4ccccc34)cs2)CC2c3ccccc3C1c1ccccc12. The number of fused-ring (bicyclic) bond motifs is 2. The third-order valence-corrected chi connectivity index (χ3v) is 9.12. The highest BCUT2D eigenvalue weighted by atomic mass is 32.1. The molecule has 36 heavy (non-hydrogen) atoms. The van der Waals surface area contributed by atoms with Crippen molar-refractivity contribution in [3.05, 3.63) is 119 Å². The van der Waals surface area contributed by atoms with Crippen LogP contribution in [-0.4, -0.2) is 10.9 Å². The zero-order valence-electron chi connectivity index (χ0n) is 20.1. The lowest BCUT2D eigenvalue weighted by Gasteiger charge is -2.52. The van der Waals surface area contributed by atoms with Crippen LogP contribution < -0.4 is 5.32 Å². The summed E-state index contributed by atoms with van der Waals surface area (Å²) in [7, 11) is 0. The van der Waals surface area contributed by atoms with Gasteiger partial charge in [0.2, 0.25) is 5.91 Å². The van der Waals surface area contributed by atoms with Crippen molar-refractivity contribution < 1.29 is 4.79 Å². The lowest BCUT2D eigenvalue weighted by Crippen LogP contribution is -2.48. The Kier molecular flexibility index (Phi) is 4.87. The minimum Gasteiger partial charge on any atom is -0.301 e. The molecule has 0 radical (unpaired) electrons. The number of benzene rings is 4. The highest BCUT2D eigenvalue weighted by molar-refractivity contribution is 7.14. The predicted octanol–water partition coefficient (Wildman–Crippen LogP) is 7.98. The minimum absolute atomic E-state index is 0.0531. The zero-order chi connectivity index (χ0) is 24.3. The van der Waals surface area contributed by atoms with Crippen LogP contribution in [0.4, 0.5) is 5.13 Å². The Morgan fingerprint density at radius 1 is 0.889 bits per heavy atom. The lowest BCUT2D eigenvalue weighted by atomic mass is 9.51. The van der Waals surface area contributed by atoms with Gasteiger partial charge in [0.25, 0.3) is 0 Å². The van der Waals surface area contributed by atoms with Crippen LogP contribution in [0, 0.1) is 5.41 Å². The fourth-order valence-corrected chi connectivity index (χ4v) is 7.38. The molecule has 0 fully saturated rings. The average Bonchev–Trinajstić information content (AvgIpc) is 3.40. The number of anilines is 1. The Labute approximate surface area is 214 Å². The molecule has 4 aromatic carbocycles. The van der Waals surface area contributed by atoms with Crippen LogP contribution in [0.3, 0.4) is 0 Å². The van der Waals surface area contributed by atoms with Crippen molar-refractivity contribution in [3.8, 4) is 11.3 Å². The van der Waals surface area contributed by atoms with Crippen molar-refractivity contribution in [1.29, 1.82) is 0 Å². The van der Waals surface area contributed by atoms with Crippen LogP contribution in [0.25, 0.3) is 22.0 Å². The fourth-order valence-electron chi connectivity index (χ4n) is 6.67. The maximum absolute atomic E-state index is 14.1. The van der Waals surface area contributed by atoms with Crippen molar-refractivity contribution in [2.75, 3.05) is 5.32 Å². The number of hydrogen-bond donors (Lipinski definition) is 1. The van der Waals surface area contributed by atoms with Crippen molar-refractivity contribution in [1.82, 2.24) is 4.98 Å². The number of amides is 1. The second-order valence-electron chi connectivity index (χ2n) is 9.98. The summed E-state index contributed by atoms with van der Waals surface area (Å²) in [6.45, 7) is 2.16. The predicted molar refractivity (Wildman–Crippen MR) is 148 cm³/mol. The molecule has 1 amide bonds. The molecule has 1 N–H and O–H groups in total. The number of aromatic nitrogens is 1. The maximum atomic E-state index is 14.1. The Hall–Kier alpha value is -3.76. The summed E-state index contributed by atoms with van der Waals surface area (Å²) in [5.41, 5.74) is 6.86. The molecule has 3 aliphatic carbocycles. The Morgan fingerprint density at radius 2 is 1.53 bits per heavy atom. The van der Waals surface area contributed by atoms with E-state index in [9.17, 15) is 4.79 Å². The highest BCUT2D eigenvalue weighted by Gasteiger charge is 2.55. The number of carbonyl (C=O) groups excluding carboxylic acids is 1. The molecule has 176 valence electrons. The van der Waals surface area contributed by atoms with Gasteiger partial charge in [0.15, 0.2) is 5.13 Å². The van der Waals surface area contributed by atoms with Crippen LogP contribution in [0.15, 0.2) is 96.4 Å². The third-order valence-electron chi connectivity index (χ3n) is 8.36. The largest absolute Gasteiger partial charge is 0.301 e. The average molecular weight is 487 g/mol. The van der Waals surface area contributed by atoms with Gasteiger partial charge in [0, 0.05) is 22.8 Å². The molecule has 3 nitrogen and oxygen atoms in total. The molecule has 8 rings (SSSR count). The van der Waals surface area contributed by atoms with E-state index in [1.54, 1.807) is 0 Å². The molecule has 0 spiro atoms. The second-order valence-corrected chi connectivity index (χ2v) is 10.8. The second kappa shape index (κ2) is 8.14. The van der Waals surface area contributed by atoms with Crippen molar-refractivity contribution in [2.24, 2.45) is 5.41 Å². The zero-order valence-corrected chi connectivity index (χ0v) is 20.9. The van der Waals surface area contributed by atoms with Crippen LogP contribution >= 0.6 is 11.3 Å². The van der Waals surface area contributed by atoms with E-state index in [1.807, 2.05) is 5.38 Å². The molecule has 1 heterocycles. The number of hydrogen-bond acceptors (Lipinski definition) is 3. The van der Waals surface area contributed by atoms with E-state index >= 15 is 0 Å². The number of carbonyl (C=O) groups is 1.